The van der Waals surface area contributed by atoms with Gasteiger partial charge in [0.1, 0.15) is 23.8 Å². The van der Waals surface area contributed by atoms with E-state index in [0.717, 1.165) is 12.1 Å². The summed E-state index contributed by atoms with van der Waals surface area (Å²) in [4.78, 5) is 15.6. The van der Waals surface area contributed by atoms with E-state index in [1.165, 1.54) is 18.3 Å². The normalized spacial score (nSPS) is 10.2. The van der Waals surface area contributed by atoms with Crippen molar-refractivity contribution in [2.45, 2.75) is 0 Å². The Balaban J connectivity index is 1.85. The monoisotopic (exact) mass is 312 g/mol. The largest absolute Gasteiger partial charge is 0.476 e. The average molecular weight is 313 g/mol. The lowest BCUT2D eigenvalue weighted by Crippen LogP contribution is -2.29. The number of nitrogens with zero attached hydrogens (tertiary/aromatic N) is 1. The Morgan fingerprint density at radius 3 is 2.67 bits per heavy atom. The summed E-state index contributed by atoms with van der Waals surface area (Å²) in [6.45, 7) is 0.163. The van der Waals surface area contributed by atoms with Crippen LogP contribution in [0.5, 0.6) is 5.88 Å². The van der Waals surface area contributed by atoms with Crippen molar-refractivity contribution in [2.24, 2.45) is 0 Å². The van der Waals surface area contributed by atoms with Gasteiger partial charge in [-0.15, -0.1) is 0 Å². The minimum absolute atomic E-state index is 0.0702. The third-order valence-electron chi connectivity index (χ3n) is 2.52. The van der Waals surface area contributed by atoms with E-state index < -0.39 is 23.1 Å². The lowest BCUT2D eigenvalue weighted by Gasteiger charge is -2.08. The van der Waals surface area contributed by atoms with Crippen LogP contribution in [0.3, 0.4) is 0 Å². The van der Waals surface area contributed by atoms with Gasteiger partial charge in [-0.2, -0.15) is 0 Å². The maximum absolute atomic E-state index is 13.4. The second-order valence-corrected chi connectivity index (χ2v) is 4.45. The summed E-state index contributed by atoms with van der Waals surface area (Å²) in [5.74, 6) is -2.36. The molecular formula is C14H11ClF2N2O2. The number of benzene rings is 1. The highest BCUT2D eigenvalue weighted by atomic mass is 35.5. The van der Waals surface area contributed by atoms with E-state index in [4.69, 9.17) is 16.3 Å². The molecule has 1 amide bonds. The van der Waals surface area contributed by atoms with Gasteiger partial charge in [-0.05, 0) is 18.2 Å². The Labute approximate surface area is 124 Å². The first-order chi connectivity index (χ1) is 10.1. The van der Waals surface area contributed by atoms with Gasteiger partial charge in [0.05, 0.1) is 6.54 Å². The minimum Gasteiger partial charge on any atom is -0.476 e. The zero-order chi connectivity index (χ0) is 15.2. The molecule has 0 unspecified atom stereocenters. The number of hydrogen-bond donors (Lipinski definition) is 1. The second kappa shape index (κ2) is 6.99. The predicted octanol–water partition coefficient (Wildman–Crippen LogP) is 2.82. The predicted molar refractivity (Wildman–Crippen MR) is 73.4 cm³/mol. The number of halogens is 3. The average Bonchev–Trinajstić information content (AvgIpc) is 2.43. The van der Waals surface area contributed by atoms with E-state index in [-0.39, 0.29) is 13.2 Å². The third kappa shape index (κ3) is 4.13. The van der Waals surface area contributed by atoms with Gasteiger partial charge in [0.25, 0.3) is 5.91 Å². The number of ether oxygens (including phenoxy) is 1. The fraction of sp³-hybridized carbons (Fsp3) is 0.143. The molecule has 1 heterocycles. The Morgan fingerprint density at radius 2 is 2.00 bits per heavy atom. The van der Waals surface area contributed by atoms with E-state index in [1.54, 1.807) is 6.07 Å². The van der Waals surface area contributed by atoms with Crippen molar-refractivity contribution in [2.75, 3.05) is 13.2 Å². The van der Waals surface area contributed by atoms with Crippen LogP contribution in [0, 0.1) is 11.6 Å². The van der Waals surface area contributed by atoms with E-state index >= 15 is 0 Å². The summed E-state index contributed by atoms with van der Waals surface area (Å²) in [5, 5.41) is 2.83. The molecule has 21 heavy (non-hydrogen) atoms. The van der Waals surface area contributed by atoms with Crippen LogP contribution in [-0.2, 0) is 0 Å². The van der Waals surface area contributed by atoms with Gasteiger partial charge in [-0.25, -0.2) is 13.8 Å². The number of amides is 1. The maximum atomic E-state index is 13.4. The van der Waals surface area contributed by atoms with Crippen LogP contribution in [0.2, 0.25) is 5.02 Å². The van der Waals surface area contributed by atoms with E-state index in [2.05, 4.69) is 10.3 Å². The van der Waals surface area contributed by atoms with Gasteiger partial charge in [-0.3, -0.25) is 4.79 Å². The van der Waals surface area contributed by atoms with E-state index in [1.807, 2.05) is 0 Å². The molecule has 0 atom stereocenters. The Kier molecular flexibility index (Phi) is 5.05. The number of nitrogens with one attached hydrogen (secondary N) is 1. The molecule has 4 nitrogen and oxygen atoms in total. The molecular weight excluding hydrogens is 302 g/mol. The molecule has 1 aromatic heterocycles. The van der Waals surface area contributed by atoms with Crippen LogP contribution in [-0.4, -0.2) is 24.0 Å². The molecule has 0 aliphatic heterocycles. The minimum atomic E-state index is -0.912. The highest BCUT2D eigenvalue weighted by Crippen LogP contribution is 2.13. The van der Waals surface area contributed by atoms with E-state index in [0.29, 0.717) is 10.9 Å². The van der Waals surface area contributed by atoms with E-state index in [9.17, 15) is 13.6 Å². The van der Waals surface area contributed by atoms with Crippen molar-refractivity contribution < 1.29 is 18.3 Å². The van der Waals surface area contributed by atoms with Gasteiger partial charge < -0.3 is 10.1 Å². The SMILES string of the molecule is O=C(NCCOc1cc(Cl)ccn1)c1c(F)cccc1F. The molecule has 0 aliphatic carbocycles. The fourth-order valence-corrected chi connectivity index (χ4v) is 1.74. The number of rotatable bonds is 5. The van der Waals surface area contributed by atoms with Crippen LogP contribution in [0.25, 0.3) is 0 Å². The zero-order valence-corrected chi connectivity index (χ0v) is 11.5. The first kappa shape index (κ1) is 15.2. The number of hydrogen-bond acceptors (Lipinski definition) is 3. The Morgan fingerprint density at radius 1 is 1.29 bits per heavy atom. The summed E-state index contributed by atoms with van der Waals surface area (Å²) >= 11 is 5.75. The number of carbonyl (C=O) groups is 1. The van der Waals surface area contributed by atoms with Crippen molar-refractivity contribution in [3.8, 4) is 5.88 Å². The van der Waals surface area contributed by atoms with Gasteiger partial charge >= 0.3 is 0 Å². The number of pyridine rings is 1. The maximum Gasteiger partial charge on any atom is 0.257 e. The Bertz CT molecular complexity index is 632. The topological polar surface area (TPSA) is 51.2 Å². The van der Waals surface area contributed by atoms with Crippen LogP contribution in [0.1, 0.15) is 10.4 Å². The van der Waals surface area contributed by atoms with Gasteiger partial charge in [0.2, 0.25) is 5.88 Å². The van der Waals surface area contributed by atoms with Crippen LogP contribution in [0.4, 0.5) is 8.78 Å². The lowest BCUT2D eigenvalue weighted by molar-refractivity contribution is 0.0938. The summed E-state index contributed by atoms with van der Waals surface area (Å²) < 4.78 is 32.0. The molecule has 0 saturated carbocycles. The first-order valence-electron chi connectivity index (χ1n) is 6.04. The van der Waals surface area contributed by atoms with Crippen LogP contribution >= 0.6 is 11.6 Å². The highest BCUT2D eigenvalue weighted by molar-refractivity contribution is 6.30. The van der Waals surface area contributed by atoms with Gasteiger partial charge in [0.15, 0.2) is 0 Å². The molecule has 0 radical (unpaired) electrons. The summed E-state index contributed by atoms with van der Waals surface area (Å²) in [6.07, 6.45) is 1.48. The van der Waals surface area contributed by atoms with Crippen molar-refractivity contribution in [1.82, 2.24) is 10.3 Å². The smallest absolute Gasteiger partial charge is 0.257 e. The molecule has 110 valence electrons. The quantitative estimate of drug-likeness (QED) is 0.864. The molecule has 0 spiro atoms. The van der Waals surface area contributed by atoms with Crippen molar-refractivity contribution >= 4 is 17.5 Å². The van der Waals surface area contributed by atoms with Gasteiger partial charge in [-0.1, -0.05) is 17.7 Å². The van der Waals surface area contributed by atoms with Crippen LogP contribution in [0.15, 0.2) is 36.5 Å². The third-order valence-corrected chi connectivity index (χ3v) is 2.76. The molecule has 0 aliphatic rings. The summed E-state index contributed by atoms with van der Waals surface area (Å²) in [5.41, 5.74) is -0.613. The molecule has 1 N–H and O–H groups in total. The molecule has 2 aromatic rings. The fourth-order valence-electron chi connectivity index (χ4n) is 1.59. The Hall–Kier alpha value is -2.21. The lowest BCUT2D eigenvalue weighted by atomic mass is 10.2. The number of aromatic nitrogens is 1. The molecule has 2 rings (SSSR count). The standard InChI is InChI=1S/C14H11ClF2N2O2/c15-9-4-5-18-12(8-9)21-7-6-19-14(20)13-10(16)2-1-3-11(13)17/h1-5,8H,6-7H2,(H,19,20). The molecule has 7 heteroatoms. The highest BCUT2D eigenvalue weighted by Gasteiger charge is 2.16. The molecule has 0 fully saturated rings. The molecule has 0 saturated heterocycles. The zero-order valence-electron chi connectivity index (χ0n) is 10.8. The summed E-state index contributed by atoms with van der Waals surface area (Å²) in [7, 11) is 0. The summed E-state index contributed by atoms with van der Waals surface area (Å²) in [6, 6.07) is 6.33. The first-order valence-corrected chi connectivity index (χ1v) is 6.42. The van der Waals surface area contributed by atoms with Crippen molar-refractivity contribution in [1.29, 1.82) is 0 Å². The van der Waals surface area contributed by atoms with Gasteiger partial charge in [0, 0.05) is 17.3 Å². The molecule has 0 bridgehead atoms. The number of carbonyl (C=O) groups excluding carboxylic acids is 1. The molecule has 1 aromatic carbocycles. The van der Waals surface area contributed by atoms with Crippen LogP contribution < -0.4 is 10.1 Å². The van der Waals surface area contributed by atoms with Crippen molar-refractivity contribution in [3.05, 3.63) is 58.7 Å². The van der Waals surface area contributed by atoms with Crippen molar-refractivity contribution in [3.63, 3.8) is 0 Å². The second-order valence-electron chi connectivity index (χ2n) is 4.01.